The first-order valence-electron chi connectivity index (χ1n) is 17.9. The first kappa shape index (κ1) is 46.8. The third-order valence-corrected chi connectivity index (χ3v) is 8.66. The molecule has 0 bridgehead atoms. The van der Waals surface area contributed by atoms with Gasteiger partial charge in [-0.15, -0.1) is 12.4 Å². The molecular weight excluding hydrogens is 752 g/mol. The van der Waals surface area contributed by atoms with Gasteiger partial charge in [0.05, 0.1) is 31.6 Å². The second-order valence-corrected chi connectivity index (χ2v) is 13.6. The minimum atomic E-state index is -1.25. The van der Waals surface area contributed by atoms with E-state index in [0.29, 0.717) is 30.8 Å². The number of rotatable bonds is 16. The van der Waals surface area contributed by atoms with Crippen molar-refractivity contribution in [3.05, 3.63) is 144 Å². The average molecular weight is 803 g/mol. The van der Waals surface area contributed by atoms with Gasteiger partial charge in [0, 0.05) is 24.5 Å². The zero-order valence-electron chi connectivity index (χ0n) is 31.8. The summed E-state index contributed by atoms with van der Waals surface area (Å²) in [4.78, 5) is 40.4. The lowest BCUT2D eigenvalue weighted by atomic mass is 9.99. The molecule has 1 unspecified atom stereocenters. The lowest BCUT2D eigenvalue weighted by molar-refractivity contribution is -0.144. The van der Waals surface area contributed by atoms with E-state index in [9.17, 15) is 18.6 Å². The largest absolute Gasteiger partial charge is 0.466 e. The number of esters is 2. The van der Waals surface area contributed by atoms with Gasteiger partial charge in [0.1, 0.15) is 16.8 Å². The van der Waals surface area contributed by atoms with Gasteiger partial charge in [0.15, 0.2) is 0 Å². The number of carbonyl (C=O) groups excluding carboxylic acids is 3. The van der Waals surface area contributed by atoms with Crippen LogP contribution < -0.4 is 15.8 Å². The van der Waals surface area contributed by atoms with Crippen molar-refractivity contribution in [1.82, 2.24) is 10.3 Å². The zero-order chi connectivity index (χ0) is 38.7. The molecule has 0 saturated carbocycles. The number of halogens is 1. The Morgan fingerprint density at radius 3 is 1.59 bits per heavy atom. The number of anilines is 1. The summed E-state index contributed by atoms with van der Waals surface area (Å²) in [7, 11) is -1.25. The van der Waals surface area contributed by atoms with Gasteiger partial charge in [-0.3, -0.25) is 19.1 Å². The van der Waals surface area contributed by atoms with Crippen LogP contribution in [0.3, 0.4) is 0 Å². The van der Waals surface area contributed by atoms with Crippen molar-refractivity contribution >= 4 is 47.1 Å². The summed E-state index contributed by atoms with van der Waals surface area (Å²) in [5.41, 5.74) is 13.0. The number of hydrogen-bond donors (Lipinski definition) is 3. The topological polar surface area (TPSA) is 181 Å². The number of nitrogens with one attached hydrogen (secondary N) is 2. The lowest BCUT2D eigenvalue weighted by Gasteiger charge is -2.18. The Bertz CT molecular complexity index is 1930. The summed E-state index contributed by atoms with van der Waals surface area (Å²) in [5, 5.41) is 2.92. The summed E-state index contributed by atoms with van der Waals surface area (Å²) in [6, 6.07) is 39.2. The van der Waals surface area contributed by atoms with Gasteiger partial charge in [0.25, 0.3) is 5.91 Å². The maximum absolute atomic E-state index is 12.8. The second kappa shape index (κ2) is 24.9. The van der Waals surface area contributed by atoms with Crippen LogP contribution >= 0.6 is 12.4 Å². The molecule has 1 amide bonds. The highest BCUT2D eigenvalue weighted by molar-refractivity contribution is 7.85. The quantitative estimate of drug-likeness (QED) is 0.0943. The van der Waals surface area contributed by atoms with Crippen LogP contribution in [-0.4, -0.2) is 64.1 Å². The highest BCUT2D eigenvalue weighted by Crippen LogP contribution is 2.21. The van der Waals surface area contributed by atoms with Crippen molar-refractivity contribution in [3.8, 4) is 22.3 Å². The fourth-order valence-electron chi connectivity index (χ4n) is 5.62. The van der Waals surface area contributed by atoms with Crippen LogP contribution in [0.1, 0.15) is 48.2 Å². The van der Waals surface area contributed by atoms with Crippen molar-refractivity contribution in [3.63, 3.8) is 0 Å². The monoisotopic (exact) mass is 802 g/mol. The fraction of sp³-hybridized carbons (Fsp3) is 0.256. The van der Waals surface area contributed by atoms with Crippen LogP contribution in [0.4, 0.5) is 5.82 Å². The maximum atomic E-state index is 12.8. The van der Waals surface area contributed by atoms with Crippen LogP contribution in [-0.2, 0) is 42.9 Å². The normalized spacial score (nSPS) is 11.8. The predicted molar refractivity (Wildman–Crippen MR) is 226 cm³/mol. The molecular formula is C43H51ClN4O7S. The van der Waals surface area contributed by atoms with Gasteiger partial charge in [-0.2, -0.15) is 0 Å². The number of nitrogens with zero attached hydrogens (tertiary/aromatic N) is 1. The molecule has 0 saturated heterocycles. The molecule has 0 aliphatic rings. The molecule has 4 aromatic carbocycles. The van der Waals surface area contributed by atoms with Crippen LogP contribution in [0.15, 0.2) is 128 Å². The Balaban J connectivity index is 0.000000409. The van der Waals surface area contributed by atoms with Crippen molar-refractivity contribution in [2.75, 3.05) is 24.2 Å². The highest BCUT2D eigenvalue weighted by Gasteiger charge is 2.19. The number of carbonyl (C=O) groups is 3. The summed E-state index contributed by atoms with van der Waals surface area (Å²) < 4.78 is 23.9. The summed E-state index contributed by atoms with van der Waals surface area (Å²) in [6.45, 7) is 4.23. The van der Waals surface area contributed by atoms with Crippen LogP contribution in [0.5, 0.6) is 0 Å². The summed E-state index contributed by atoms with van der Waals surface area (Å²) in [6.07, 6.45) is 4.36. The van der Waals surface area contributed by atoms with E-state index in [-0.39, 0.29) is 61.2 Å². The minimum Gasteiger partial charge on any atom is -0.466 e. The molecule has 0 aliphatic heterocycles. The number of ether oxygens (including phenoxy) is 2. The Labute approximate surface area is 337 Å². The Hall–Kier alpha value is -5.40. The molecule has 56 heavy (non-hydrogen) atoms. The Kier molecular flexibility index (Phi) is 20.8. The molecule has 5 aromatic rings. The van der Waals surface area contributed by atoms with E-state index in [1.165, 1.54) is 23.6 Å². The van der Waals surface area contributed by atoms with E-state index in [0.717, 1.165) is 22.3 Å². The first-order valence-corrected chi connectivity index (χ1v) is 19.4. The van der Waals surface area contributed by atoms with Gasteiger partial charge in [-0.05, 0) is 72.2 Å². The van der Waals surface area contributed by atoms with Crippen LogP contribution in [0.2, 0.25) is 0 Å². The van der Waals surface area contributed by atoms with Gasteiger partial charge in [-0.1, -0.05) is 109 Å². The zero-order valence-corrected chi connectivity index (χ0v) is 33.4. The van der Waals surface area contributed by atoms with Crippen LogP contribution in [0, 0.1) is 0 Å². The molecule has 1 aromatic heterocycles. The molecule has 298 valence electrons. The summed E-state index contributed by atoms with van der Waals surface area (Å²) >= 11 is 0. The molecule has 13 heteroatoms. The minimum absolute atomic E-state index is 0. The fourth-order valence-corrected chi connectivity index (χ4v) is 6.04. The van der Waals surface area contributed by atoms with E-state index in [1.54, 1.807) is 26.0 Å². The second-order valence-electron chi connectivity index (χ2n) is 12.5. The highest BCUT2D eigenvalue weighted by atomic mass is 35.5. The summed E-state index contributed by atoms with van der Waals surface area (Å²) in [5.74, 6) is -0.534. The van der Waals surface area contributed by atoms with Crippen molar-refractivity contribution < 1.29 is 33.5 Å². The Morgan fingerprint density at radius 1 is 0.679 bits per heavy atom. The third-order valence-electron chi connectivity index (χ3n) is 8.16. The number of nitrogens with two attached hydrogens (primary N) is 1. The standard InChI is InChI=1S/C25H27N3O4S.C18H21NO2.ClH.H2O/c1-3-32-24(29)16-22(27-25(30)21-13-14-23(26-17-21)28-33(2)31)15-18-9-11-20(12-10-18)19-7-5-4-6-8-19;1-2-21-18(20)13-17(19)12-14-8-10-16(11-9-14)15-6-4-3-5-7-15;;/h4-14,17,22H,3,15-16H2,1-2H3,(H,26,28)(H,27,30);3-11,17H,2,12-13,19H2,1H3;1H;1H2/t22-,33?;17-;;/m11../s1. The van der Waals surface area contributed by atoms with Crippen molar-refractivity contribution in [2.45, 2.75) is 51.6 Å². The number of hydrogen-bond acceptors (Lipinski definition) is 8. The molecule has 3 atom stereocenters. The molecule has 6 N–H and O–H groups in total. The van der Waals surface area contributed by atoms with E-state index >= 15 is 0 Å². The average Bonchev–Trinajstić information content (AvgIpc) is 3.16. The van der Waals surface area contributed by atoms with E-state index in [2.05, 4.69) is 51.4 Å². The van der Waals surface area contributed by atoms with Gasteiger partial charge < -0.3 is 26.0 Å². The maximum Gasteiger partial charge on any atom is 0.307 e. The molecule has 0 radical (unpaired) electrons. The van der Waals surface area contributed by atoms with Crippen LogP contribution in [0.25, 0.3) is 22.3 Å². The number of benzene rings is 4. The number of aromatic nitrogens is 1. The van der Waals surface area contributed by atoms with E-state index in [1.807, 2.05) is 72.8 Å². The molecule has 11 nitrogen and oxygen atoms in total. The first-order chi connectivity index (χ1) is 26.1. The molecule has 5 rings (SSSR count). The molecule has 0 fully saturated rings. The smallest absolute Gasteiger partial charge is 0.307 e. The van der Waals surface area contributed by atoms with Gasteiger partial charge >= 0.3 is 11.9 Å². The number of pyridine rings is 1. The van der Waals surface area contributed by atoms with E-state index < -0.39 is 17.0 Å². The molecule has 0 spiro atoms. The molecule has 1 heterocycles. The lowest BCUT2D eigenvalue weighted by Crippen LogP contribution is -2.38. The predicted octanol–water partition coefficient (Wildman–Crippen LogP) is 6.52. The Morgan fingerprint density at radius 2 is 1.14 bits per heavy atom. The molecule has 0 aliphatic carbocycles. The third kappa shape index (κ3) is 16.1. The van der Waals surface area contributed by atoms with Crippen molar-refractivity contribution in [2.24, 2.45) is 5.73 Å². The van der Waals surface area contributed by atoms with Gasteiger partial charge in [0.2, 0.25) is 0 Å². The number of amides is 1. The van der Waals surface area contributed by atoms with E-state index in [4.69, 9.17) is 15.2 Å². The van der Waals surface area contributed by atoms with Gasteiger partial charge in [-0.25, -0.2) is 9.19 Å². The van der Waals surface area contributed by atoms with Crippen molar-refractivity contribution in [1.29, 1.82) is 0 Å². The SMILES string of the molecule is CCOC(=O)C[C@@H](Cc1ccc(-c2ccccc2)cc1)NC(=O)c1ccc(NS(C)=O)nc1.CCOC(=O)C[C@H](N)Cc1ccc(-c2ccccc2)cc1.Cl.O.